The van der Waals surface area contributed by atoms with Gasteiger partial charge in [0.1, 0.15) is 6.10 Å². The van der Waals surface area contributed by atoms with Crippen LogP contribution in [0.4, 0.5) is 0 Å². The highest BCUT2D eigenvalue weighted by molar-refractivity contribution is 5.81. The van der Waals surface area contributed by atoms with Crippen LogP contribution < -0.4 is 5.32 Å². The van der Waals surface area contributed by atoms with Crippen LogP contribution in [0.2, 0.25) is 0 Å². The molecular formula is C19H23N3O2. The number of carbonyl (C=O) groups is 1. The van der Waals surface area contributed by atoms with Crippen molar-refractivity contribution in [2.45, 2.75) is 50.8 Å². The van der Waals surface area contributed by atoms with Crippen molar-refractivity contribution in [1.29, 1.82) is 0 Å². The van der Waals surface area contributed by atoms with Gasteiger partial charge in [0.15, 0.2) is 0 Å². The molecule has 126 valence electrons. The number of rotatable bonds is 4. The highest BCUT2D eigenvalue weighted by Gasteiger charge is 2.29. The van der Waals surface area contributed by atoms with Crippen LogP contribution in [-0.2, 0) is 22.5 Å². The number of hydrogen-bond donors (Lipinski definition) is 1. The molecule has 2 atom stereocenters. The first-order valence-corrected chi connectivity index (χ1v) is 8.82. The van der Waals surface area contributed by atoms with Crippen molar-refractivity contribution >= 4 is 5.91 Å². The molecule has 1 aromatic carbocycles. The molecule has 0 unspecified atom stereocenters. The third kappa shape index (κ3) is 3.08. The lowest BCUT2D eigenvalue weighted by Gasteiger charge is -2.25. The van der Waals surface area contributed by atoms with E-state index in [1.807, 2.05) is 12.3 Å². The van der Waals surface area contributed by atoms with Crippen molar-refractivity contribution in [3.63, 3.8) is 0 Å². The van der Waals surface area contributed by atoms with Crippen LogP contribution in [-0.4, -0.2) is 28.4 Å². The van der Waals surface area contributed by atoms with Gasteiger partial charge in [-0.15, -0.1) is 0 Å². The van der Waals surface area contributed by atoms with E-state index in [0.29, 0.717) is 6.61 Å². The van der Waals surface area contributed by atoms with Crippen LogP contribution in [0.25, 0.3) is 0 Å². The van der Waals surface area contributed by atoms with Gasteiger partial charge in [0.05, 0.1) is 18.8 Å². The quantitative estimate of drug-likeness (QED) is 0.940. The number of benzene rings is 1. The summed E-state index contributed by atoms with van der Waals surface area (Å²) in [5, 5.41) is 7.76. The van der Waals surface area contributed by atoms with Crippen LogP contribution >= 0.6 is 0 Å². The number of hydrogen-bond acceptors (Lipinski definition) is 3. The topological polar surface area (TPSA) is 56.2 Å². The molecule has 2 aromatic rings. The Morgan fingerprint density at radius 1 is 1.25 bits per heavy atom. The van der Waals surface area contributed by atoms with Gasteiger partial charge in [0, 0.05) is 17.9 Å². The van der Waals surface area contributed by atoms with E-state index in [2.05, 4.69) is 39.4 Å². The van der Waals surface area contributed by atoms with E-state index in [0.717, 1.165) is 38.6 Å². The largest absolute Gasteiger partial charge is 0.368 e. The molecule has 1 aliphatic heterocycles. The summed E-state index contributed by atoms with van der Waals surface area (Å²) < 4.78 is 7.57. The van der Waals surface area contributed by atoms with Crippen molar-refractivity contribution in [3.05, 3.63) is 53.3 Å². The minimum Gasteiger partial charge on any atom is -0.368 e. The molecule has 1 aromatic heterocycles. The zero-order chi connectivity index (χ0) is 16.4. The molecule has 4 rings (SSSR count). The van der Waals surface area contributed by atoms with E-state index in [4.69, 9.17) is 4.74 Å². The van der Waals surface area contributed by atoms with Crippen LogP contribution in [0, 0.1) is 0 Å². The maximum atomic E-state index is 12.4. The Hall–Kier alpha value is -2.14. The Morgan fingerprint density at radius 3 is 2.92 bits per heavy atom. The van der Waals surface area contributed by atoms with Gasteiger partial charge in [0.2, 0.25) is 5.91 Å². The lowest BCUT2D eigenvalue weighted by atomic mass is 9.92. The molecule has 0 radical (unpaired) electrons. The molecule has 5 nitrogen and oxygen atoms in total. The average Bonchev–Trinajstić information content (AvgIpc) is 3.27. The predicted molar refractivity (Wildman–Crippen MR) is 90.6 cm³/mol. The maximum absolute atomic E-state index is 12.4. The summed E-state index contributed by atoms with van der Waals surface area (Å²) in [6.45, 7) is 1.48. The van der Waals surface area contributed by atoms with E-state index in [9.17, 15) is 4.79 Å². The number of ether oxygens (including phenoxy) is 1. The Bertz CT molecular complexity index is 705. The number of carbonyl (C=O) groups excluding carboxylic acids is 1. The predicted octanol–water partition coefficient (Wildman–Crippen LogP) is 2.60. The monoisotopic (exact) mass is 325 g/mol. The van der Waals surface area contributed by atoms with Crippen molar-refractivity contribution in [1.82, 2.24) is 15.1 Å². The minimum atomic E-state index is -0.269. The molecule has 1 saturated heterocycles. The highest BCUT2D eigenvalue weighted by atomic mass is 16.5. The van der Waals surface area contributed by atoms with Gasteiger partial charge in [-0.2, -0.15) is 5.10 Å². The first-order valence-electron chi connectivity index (χ1n) is 8.82. The molecule has 0 bridgehead atoms. The molecule has 2 aliphatic rings. The minimum absolute atomic E-state index is 0.0289. The number of nitrogens with zero attached hydrogens (tertiary/aromatic N) is 2. The van der Waals surface area contributed by atoms with Crippen molar-refractivity contribution in [3.8, 4) is 0 Å². The average molecular weight is 325 g/mol. The smallest absolute Gasteiger partial charge is 0.249 e. The zero-order valence-corrected chi connectivity index (χ0v) is 13.8. The zero-order valence-electron chi connectivity index (χ0n) is 13.8. The molecule has 1 N–H and O–H groups in total. The Kier molecular flexibility index (Phi) is 4.34. The Morgan fingerprint density at radius 2 is 2.12 bits per heavy atom. The lowest BCUT2D eigenvalue weighted by molar-refractivity contribution is -0.130. The number of aromatic nitrogens is 2. The van der Waals surface area contributed by atoms with Crippen LogP contribution in [0.15, 0.2) is 36.5 Å². The molecular weight excluding hydrogens is 302 g/mol. The number of amides is 1. The fourth-order valence-electron chi connectivity index (χ4n) is 3.71. The summed E-state index contributed by atoms with van der Waals surface area (Å²) in [6.07, 6.45) is 6.54. The van der Waals surface area contributed by atoms with Crippen LogP contribution in [0.1, 0.15) is 48.5 Å². The molecule has 1 aliphatic carbocycles. The summed E-state index contributed by atoms with van der Waals surface area (Å²) in [5.74, 6) is 0.0289. The van der Waals surface area contributed by atoms with E-state index < -0.39 is 0 Å². The summed E-state index contributed by atoms with van der Waals surface area (Å²) in [7, 11) is 0. The van der Waals surface area contributed by atoms with Crippen molar-refractivity contribution < 1.29 is 9.53 Å². The van der Waals surface area contributed by atoms with E-state index in [-0.39, 0.29) is 18.1 Å². The molecule has 5 heteroatoms. The second-order valence-corrected chi connectivity index (χ2v) is 6.64. The highest BCUT2D eigenvalue weighted by Crippen LogP contribution is 2.30. The van der Waals surface area contributed by atoms with Crippen LogP contribution in [0.3, 0.4) is 0 Å². The number of nitrogens with one attached hydrogen (secondary N) is 1. The standard InChI is InChI=1S/C19H23N3O2/c23-19(18-10-5-11-24-18)21-16-8-4-9-17-15(16)12-20-22(17)13-14-6-2-1-3-7-14/h1-3,6-7,12,16,18H,4-5,8-11,13H2,(H,21,23)/t16-,18+/m1/s1. The number of fused-ring (bicyclic) bond motifs is 1. The molecule has 24 heavy (non-hydrogen) atoms. The van der Waals surface area contributed by atoms with Gasteiger partial charge in [-0.05, 0) is 37.7 Å². The van der Waals surface area contributed by atoms with Crippen molar-refractivity contribution in [2.24, 2.45) is 0 Å². The molecule has 0 spiro atoms. The third-order valence-corrected chi connectivity index (χ3v) is 4.98. The van der Waals surface area contributed by atoms with Crippen LogP contribution in [0.5, 0.6) is 0 Å². The second-order valence-electron chi connectivity index (χ2n) is 6.64. The fourth-order valence-corrected chi connectivity index (χ4v) is 3.71. The summed E-state index contributed by atoms with van der Waals surface area (Å²) in [4.78, 5) is 12.4. The molecule has 0 saturated carbocycles. The molecule has 2 heterocycles. The molecule has 1 amide bonds. The van der Waals surface area contributed by atoms with E-state index in [1.54, 1.807) is 0 Å². The van der Waals surface area contributed by atoms with Crippen molar-refractivity contribution in [2.75, 3.05) is 6.61 Å². The summed E-state index contributed by atoms with van der Waals surface area (Å²) in [6, 6.07) is 10.4. The first-order chi connectivity index (χ1) is 11.8. The van der Waals surface area contributed by atoms with Gasteiger partial charge < -0.3 is 10.1 Å². The van der Waals surface area contributed by atoms with Gasteiger partial charge in [-0.3, -0.25) is 9.48 Å². The molecule has 1 fully saturated rings. The lowest BCUT2D eigenvalue weighted by Crippen LogP contribution is -2.38. The Labute approximate surface area is 142 Å². The van der Waals surface area contributed by atoms with Gasteiger partial charge in [-0.1, -0.05) is 30.3 Å². The van der Waals surface area contributed by atoms with E-state index in [1.165, 1.54) is 16.8 Å². The normalized spacial score (nSPS) is 23.0. The second kappa shape index (κ2) is 6.77. The van der Waals surface area contributed by atoms with Gasteiger partial charge in [0.25, 0.3) is 0 Å². The van der Waals surface area contributed by atoms with Gasteiger partial charge in [-0.25, -0.2) is 0 Å². The third-order valence-electron chi connectivity index (χ3n) is 4.98. The fraction of sp³-hybridized carbons (Fsp3) is 0.474. The van der Waals surface area contributed by atoms with Gasteiger partial charge >= 0.3 is 0 Å². The summed E-state index contributed by atoms with van der Waals surface area (Å²) >= 11 is 0. The SMILES string of the molecule is O=C(N[C@@H]1CCCc2c1cnn2Cc1ccccc1)[C@@H]1CCCO1. The summed E-state index contributed by atoms with van der Waals surface area (Å²) in [5.41, 5.74) is 3.67. The van der Waals surface area contributed by atoms with E-state index >= 15 is 0 Å². The maximum Gasteiger partial charge on any atom is 0.249 e. The Balaban J connectivity index is 1.50. The first kappa shape index (κ1) is 15.4.